The fourth-order valence-electron chi connectivity index (χ4n) is 2.37. The number of phenolic OH excluding ortho intramolecular Hbond substituents is 1. The van der Waals surface area contributed by atoms with Crippen molar-refractivity contribution in [2.24, 2.45) is 0 Å². The average molecular weight is 326 g/mol. The van der Waals surface area contributed by atoms with Crippen LogP contribution < -0.4 is 0 Å². The third kappa shape index (κ3) is 4.79. The Hall–Kier alpha value is -3.39. The Kier molecular flexibility index (Phi) is 5.22. The van der Waals surface area contributed by atoms with Crippen LogP contribution in [-0.2, 0) is 0 Å². The summed E-state index contributed by atoms with van der Waals surface area (Å²) in [5, 5.41) is 9.29. The number of aldehydes is 1. The molecule has 0 radical (unpaired) electrons. The Balaban J connectivity index is 1.65. The van der Waals surface area contributed by atoms with E-state index in [-0.39, 0.29) is 5.75 Å². The lowest BCUT2D eigenvalue weighted by molar-refractivity contribution is 0.112. The van der Waals surface area contributed by atoms with Crippen LogP contribution in [0.2, 0.25) is 0 Å². The fourth-order valence-corrected chi connectivity index (χ4v) is 2.37. The van der Waals surface area contributed by atoms with Gasteiger partial charge in [-0.3, -0.25) is 4.79 Å². The zero-order chi connectivity index (χ0) is 17.5. The van der Waals surface area contributed by atoms with Crippen molar-refractivity contribution in [1.82, 2.24) is 0 Å². The number of phenols is 1. The van der Waals surface area contributed by atoms with Crippen LogP contribution in [0.15, 0.2) is 72.8 Å². The summed E-state index contributed by atoms with van der Waals surface area (Å²) < 4.78 is 0. The smallest absolute Gasteiger partial charge is 0.150 e. The number of benzene rings is 3. The van der Waals surface area contributed by atoms with Gasteiger partial charge >= 0.3 is 0 Å². The molecule has 2 heteroatoms. The lowest BCUT2D eigenvalue weighted by atomic mass is 10.1. The highest BCUT2D eigenvalue weighted by atomic mass is 16.3. The van der Waals surface area contributed by atoms with Gasteiger partial charge in [0.05, 0.1) is 0 Å². The predicted octanol–water partition coefficient (Wildman–Crippen LogP) is 5.55. The Morgan fingerprint density at radius 3 is 1.08 bits per heavy atom. The second-order valence-electron chi connectivity index (χ2n) is 5.71. The molecule has 1 N–H and O–H groups in total. The van der Waals surface area contributed by atoms with Crippen molar-refractivity contribution in [2.75, 3.05) is 0 Å². The van der Waals surface area contributed by atoms with Crippen molar-refractivity contribution in [3.63, 3.8) is 0 Å². The molecule has 25 heavy (non-hydrogen) atoms. The lowest BCUT2D eigenvalue weighted by Crippen LogP contribution is -1.79. The predicted molar refractivity (Wildman–Crippen MR) is 104 cm³/mol. The van der Waals surface area contributed by atoms with Crippen LogP contribution in [-0.4, -0.2) is 11.4 Å². The third-order valence-electron chi connectivity index (χ3n) is 3.84. The fraction of sp³-hybridized carbons (Fsp3) is 0. The molecule has 0 heterocycles. The highest BCUT2D eigenvalue weighted by molar-refractivity contribution is 5.77. The summed E-state index contributed by atoms with van der Waals surface area (Å²) in [7, 11) is 0. The quantitative estimate of drug-likeness (QED) is 0.493. The molecule has 0 atom stereocenters. The molecular formula is C23H18O2. The van der Waals surface area contributed by atoms with Gasteiger partial charge in [-0.25, -0.2) is 0 Å². The molecule has 0 unspecified atom stereocenters. The van der Waals surface area contributed by atoms with Gasteiger partial charge in [0.25, 0.3) is 0 Å². The maximum Gasteiger partial charge on any atom is 0.150 e. The molecule has 0 amide bonds. The Labute approximate surface area is 147 Å². The maximum absolute atomic E-state index is 10.7. The topological polar surface area (TPSA) is 37.3 Å². The number of rotatable bonds is 5. The second kappa shape index (κ2) is 7.93. The summed E-state index contributed by atoms with van der Waals surface area (Å²) in [4.78, 5) is 10.7. The van der Waals surface area contributed by atoms with E-state index in [4.69, 9.17) is 0 Å². The minimum absolute atomic E-state index is 0.272. The first kappa shape index (κ1) is 16.5. The summed E-state index contributed by atoms with van der Waals surface area (Å²) >= 11 is 0. The van der Waals surface area contributed by atoms with E-state index in [1.807, 2.05) is 60.7 Å². The first-order chi connectivity index (χ1) is 12.2. The van der Waals surface area contributed by atoms with E-state index in [9.17, 15) is 9.90 Å². The Morgan fingerprint density at radius 1 is 0.480 bits per heavy atom. The SMILES string of the molecule is O=Cc1ccc(/C=C/c2ccc(/C=C/c3ccc(O)cc3)cc2)cc1. The van der Waals surface area contributed by atoms with Gasteiger partial charge < -0.3 is 5.11 Å². The summed E-state index contributed by atoms with van der Waals surface area (Å²) in [5.74, 6) is 0.272. The summed E-state index contributed by atoms with van der Waals surface area (Å²) in [6.07, 6.45) is 8.97. The minimum Gasteiger partial charge on any atom is -0.508 e. The van der Waals surface area contributed by atoms with Gasteiger partial charge in [0.1, 0.15) is 12.0 Å². The van der Waals surface area contributed by atoms with Crippen LogP contribution in [0.25, 0.3) is 24.3 Å². The van der Waals surface area contributed by atoms with Crippen LogP contribution in [0.5, 0.6) is 5.75 Å². The third-order valence-corrected chi connectivity index (χ3v) is 3.84. The van der Waals surface area contributed by atoms with E-state index in [0.29, 0.717) is 5.56 Å². The van der Waals surface area contributed by atoms with Gasteiger partial charge in [-0.2, -0.15) is 0 Å². The molecule has 2 nitrogen and oxygen atoms in total. The minimum atomic E-state index is 0.272. The van der Waals surface area contributed by atoms with Crippen molar-refractivity contribution >= 4 is 30.6 Å². The maximum atomic E-state index is 10.7. The molecule has 0 saturated carbocycles. The van der Waals surface area contributed by atoms with Crippen molar-refractivity contribution in [3.8, 4) is 5.75 Å². The molecule has 3 aromatic carbocycles. The van der Waals surface area contributed by atoms with Crippen molar-refractivity contribution in [3.05, 3.63) is 101 Å². The average Bonchev–Trinajstić information content (AvgIpc) is 2.67. The molecule has 0 aliphatic carbocycles. The molecule has 0 fully saturated rings. The number of carbonyl (C=O) groups is 1. The van der Waals surface area contributed by atoms with Crippen LogP contribution in [0.4, 0.5) is 0 Å². The van der Waals surface area contributed by atoms with Gasteiger partial charge in [-0.15, -0.1) is 0 Å². The molecule has 0 aliphatic heterocycles. The van der Waals surface area contributed by atoms with E-state index < -0.39 is 0 Å². The monoisotopic (exact) mass is 326 g/mol. The lowest BCUT2D eigenvalue weighted by Gasteiger charge is -1.98. The van der Waals surface area contributed by atoms with Crippen molar-refractivity contribution in [1.29, 1.82) is 0 Å². The van der Waals surface area contributed by atoms with E-state index in [1.54, 1.807) is 12.1 Å². The van der Waals surface area contributed by atoms with Gasteiger partial charge in [-0.05, 0) is 34.4 Å². The summed E-state index contributed by atoms with van der Waals surface area (Å²) in [6.45, 7) is 0. The second-order valence-corrected chi connectivity index (χ2v) is 5.71. The molecule has 3 aromatic rings. The molecule has 0 saturated heterocycles. The van der Waals surface area contributed by atoms with Crippen LogP contribution >= 0.6 is 0 Å². The highest BCUT2D eigenvalue weighted by Crippen LogP contribution is 2.14. The van der Waals surface area contributed by atoms with Crippen LogP contribution in [0, 0.1) is 0 Å². The first-order valence-corrected chi connectivity index (χ1v) is 8.03. The van der Waals surface area contributed by atoms with Gasteiger partial charge in [0, 0.05) is 5.56 Å². The van der Waals surface area contributed by atoms with Crippen LogP contribution in [0.3, 0.4) is 0 Å². The Morgan fingerprint density at radius 2 is 0.760 bits per heavy atom. The molecule has 122 valence electrons. The van der Waals surface area contributed by atoms with Crippen LogP contribution in [0.1, 0.15) is 32.6 Å². The highest BCUT2D eigenvalue weighted by Gasteiger charge is 1.92. The van der Waals surface area contributed by atoms with E-state index in [0.717, 1.165) is 28.5 Å². The van der Waals surface area contributed by atoms with Gasteiger partial charge in [0.2, 0.25) is 0 Å². The normalized spacial score (nSPS) is 11.2. The zero-order valence-corrected chi connectivity index (χ0v) is 13.7. The number of hydrogen-bond donors (Lipinski definition) is 1. The van der Waals surface area contributed by atoms with E-state index >= 15 is 0 Å². The zero-order valence-electron chi connectivity index (χ0n) is 13.7. The summed E-state index contributed by atoms with van der Waals surface area (Å²) in [6, 6.07) is 22.8. The van der Waals surface area contributed by atoms with E-state index in [1.165, 1.54) is 0 Å². The number of aromatic hydroxyl groups is 1. The number of carbonyl (C=O) groups excluding carboxylic acids is 1. The van der Waals surface area contributed by atoms with Gasteiger partial charge in [0.15, 0.2) is 0 Å². The van der Waals surface area contributed by atoms with Crippen molar-refractivity contribution in [2.45, 2.75) is 0 Å². The number of hydrogen-bond acceptors (Lipinski definition) is 2. The largest absolute Gasteiger partial charge is 0.508 e. The Bertz CT molecular complexity index is 884. The van der Waals surface area contributed by atoms with E-state index in [2.05, 4.69) is 24.3 Å². The molecule has 0 aliphatic rings. The first-order valence-electron chi connectivity index (χ1n) is 8.03. The standard InChI is InChI=1S/C23H18O2/c24-17-22-11-9-20(10-12-22)6-5-18-1-3-19(4-2-18)7-8-21-13-15-23(25)16-14-21/h1-17,25H/b6-5+,8-7+. The molecule has 0 spiro atoms. The van der Waals surface area contributed by atoms with Gasteiger partial charge in [-0.1, -0.05) is 85.0 Å². The summed E-state index contributed by atoms with van der Waals surface area (Å²) in [5.41, 5.74) is 5.01. The molecular weight excluding hydrogens is 308 g/mol. The van der Waals surface area contributed by atoms with Crippen molar-refractivity contribution < 1.29 is 9.90 Å². The molecule has 0 aromatic heterocycles. The molecule has 3 rings (SSSR count). The molecule has 0 bridgehead atoms.